The van der Waals surface area contributed by atoms with Crippen LogP contribution in [0.15, 0.2) is 12.4 Å². The number of hydrogen-bond donors (Lipinski definition) is 2. The van der Waals surface area contributed by atoms with E-state index < -0.39 is 0 Å². The quantitative estimate of drug-likeness (QED) is 0.682. The number of aromatic nitrogens is 2. The Balaban J connectivity index is 2.63. The molecule has 6 heteroatoms. The van der Waals surface area contributed by atoms with Gasteiger partial charge >= 0.3 is 0 Å². The van der Waals surface area contributed by atoms with Gasteiger partial charge in [-0.2, -0.15) is 5.10 Å². The van der Waals surface area contributed by atoms with E-state index in [1.807, 2.05) is 0 Å². The Morgan fingerprint density at radius 2 is 2.43 bits per heavy atom. The second-order valence-electron chi connectivity index (χ2n) is 3.00. The van der Waals surface area contributed by atoms with Gasteiger partial charge < -0.3 is 11.1 Å². The number of nitrogens with two attached hydrogens (primary N) is 1. The highest BCUT2D eigenvalue weighted by Crippen LogP contribution is 1.96. The first kappa shape index (κ1) is 10.6. The monoisotopic (exact) mass is 212 g/mol. The Hall–Kier alpha value is -1.43. The topological polar surface area (TPSA) is 72.9 Å². The molecule has 0 saturated carbocycles. The van der Waals surface area contributed by atoms with Crippen molar-refractivity contribution in [1.82, 2.24) is 15.1 Å². The lowest BCUT2D eigenvalue weighted by molar-refractivity contribution is 0.0949. The Kier molecular flexibility index (Phi) is 3.19. The molecule has 0 aliphatic rings. The van der Waals surface area contributed by atoms with Crippen LogP contribution in [0.5, 0.6) is 0 Å². The lowest BCUT2D eigenvalue weighted by Gasteiger charge is -2.10. The first-order chi connectivity index (χ1) is 6.50. The molecule has 1 unspecified atom stereocenters. The van der Waals surface area contributed by atoms with Crippen LogP contribution in [0.25, 0.3) is 0 Å². The number of nitrogens with zero attached hydrogens (tertiary/aromatic N) is 2. The van der Waals surface area contributed by atoms with E-state index in [4.69, 9.17) is 18.0 Å². The van der Waals surface area contributed by atoms with E-state index in [1.54, 1.807) is 24.9 Å². The molecule has 1 aromatic heterocycles. The molecule has 0 spiro atoms. The van der Waals surface area contributed by atoms with Gasteiger partial charge in [0.15, 0.2) is 0 Å². The van der Waals surface area contributed by atoms with Crippen molar-refractivity contribution in [2.45, 2.75) is 13.0 Å². The minimum Gasteiger partial charge on any atom is -0.392 e. The average molecular weight is 212 g/mol. The summed E-state index contributed by atoms with van der Waals surface area (Å²) in [6, 6.07) is -0.308. The van der Waals surface area contributed by atoms with Crippen molar-refractivity contribution in [3.8, 4) is 0 Å². The zero-order chi connectivity index (χ0) is 10.7. The third-order valence-electron chi connectivity index (χ3n) is 1.74. The maximum absolute atomic E-state index is 11.5. The number of amides is 1. The summed E-state index contributed by atoms with van der Waals surface area (Å²) in [5.41, 5.74) is 5.86. The summed E-state index contributed by atoms with van der Waals surface area (Å²) in [5.74, 6) is -0.224. The van der Waals surface area contributed by atoms with Crippen molar-refractivity contribution in [2.24, 2.45) is 12.8 Å². The van der Waals surface area contributed by atoms with Gasteiger partial charge in [-0.1, -0.05) is 12.2 Å². The van der Waals surface area contributed by atoms with Gasteiger partial charge in [0.05, 0.1) is 22.8 Å². The van der Waals surface area contributed by atoms with Gasteiger partial charge in [0, 0.05) is 13.2 Å². The van der Waals surface area contributed by atoms with E-state index in [2.05, 4.69) is 10.4 Å². The third-order valence-corrected chi connectivity index (χ3v) is 2.09. The maximum atomic E-state index is 11.5. The molecule has 0 aliphatic carbocycles. The molecule has 0 radical (unpaired) electrons. The Morgan fingerprint density at radius 1 is 1.79 bits per heavy atom. The first-order valence-corrected chi connectivity index (χ1v) is 4.50. The molecule has 1 atom stereocenters. The highest BCUT2D eigenvalue weighted by Gasteiger charge is 2.12. The molecule has 0 fully saturated rings. The molecule has 1 aromatic rings. The van der Waals surface area contributed by atoms with Crippen LogP contribution in [0, 0.1) is 0 Å². The summed E-state index contributed by atoms with van der Waals surface area (Å²) in [7, 11) is 1.74. The van der Waals surface area contributed by atoms with Crippen molar-refractivity contribution in [3.05, 3.63) is 18.0 Å². The molecule has 14 heavy (non-hydrogen) atoms. The van der Waals surface area contributed by atoms with E-state index in [0.717, 1.165) is 0 Å². The Labute approximate surface area is 87.3 Å². The predicted octanol–water partition coefficient (Wildman–Crippen LogP) is -0.176. The van der Waals surface area contributed by atoms with Crippen LogP contribution in [0.1, 0.15) is 17.3 Å². The first-order valence-electron chi connectivity index (χ1n) is 4.09. The molecule has 76 valence electrons. The standard InChI is InChI=1S/C8H12N4OS/c1-5(7(9)14)11-8(13)6-3-10-12(2)4-6/h3-5H,1-2H3,(H2,9,14)(H,11,13). The van der Waals surface area contributed by atoms with E-state index in [-0.39, 0.29) is 16.9 Å². The number of nitrogens with one attached hydrogen (secondary N) is 1. The smallest absolute Gasteiger partial charge is 0.255 e. The number of aryl methyl sites for hydroxylation is 1. The SMILES string of the molecule is CC(NC(=O)c1cnn(C)c1)C(N)=S. The van der Waals surface area contributed by atoms with Gasteiger partial charge in [-0.25, -0.2) is 0 Å². The van der Waals surface area contributed by atoms with Crippen LogP contribution in [-0.4, -0.2) is 26.7 Å². The molecular weight excluding hydrogens is 200 g/mol. The van der Waals surface area contributed by atoms with Gasteiger partial charge in [0.25, 0.3) is 5.91 Å². The fraction of sp³-hybridized carbons (Fsp3) is 0.375. The minimum absolute atomic E-state index is 0.224. The van der Waals surface area contributed by atoms with Crippen molar-refractivity contribution in [2.75, 3.05) is 0 Å². The Morgan fingerprint density at radius 3 is 2.86 bits per heavy atom. The average Bonchev–Trinajstić information content (AvgIpc) is 2.51. The molecule has 0 aliphatic heterocycles. The van der Waals surface area contributed by atoms with Crippen molar-refractivity contribution in [1.29, 1.82) is 0 Å². The minimum atomic E-state index is -0.308. The maximum Gasteiger partial charge on any atom is 0.255 e. The van der Waals surface area contributed by atoms with Gasteiger partial charge in [0.1, 0.15) is 0 Å². The van der Waals surface area contributed by atoms with Crippen molar-refractivity contribution >= 4 is 23.1 Å². The summed E-state index contributed by atoms with van der Waals surface area (Å²) in [5, 5.41) is 6.53. The normalized spacial score (nSPS) is 12.1. The summed E-state index contributed by atoms with van der Waals surface area (Å²) < 4.78 is 1.56. The van der Waals surface area contributed by atoms with Crippen LogP contribution >= 0.6 is 12.2 Å². The van der Waals surface area contributed by atoms with Crippen molar-refractivity contribution in [3.63, 3.8) is 0 Å². The van der Waals surface area contributed by atoms with E-state index in [1.165, 1.54) is 6.20 Å². The fourth-order valence-corrected chi connectivity index (χ4v) is 0.949. The second kappa shape index (κ2) is 4.19. The summed E-state index contributed by atoms with van der Waals surface area (Å²) in [6.45, 7) is 1.73. The molecule has 5 nitrogen and oxygen atoms in total. The van der Waals surface area contributed by atoms with E-state index >= 15 is 0 Å². The van der Waals surface area contributed by atoms with Gasteiger partial charge in [-0.3, -0.25) is 9.48 Å². The molecule has 0 saturated heterocycles. The molecule has 0 bridgehead atoms. The lowest BCUT2D eigenvalue weighted by Crippen LogP contribution is -2.41. The van der Waals surface area contributed by atoms with Crippen molar-refractivity contribution < 1.29 is 4.79 Å². The number of rotatable bonds is 3. The fourth-order valence-electron chi connectivity index (χ4n) is 0.890. The van der Waals surface area contributed by atoms with Gasteiger partial charge in [-0.15, -0.1) is 0 Å². The zero-order valence-corrected chi connectivity index (χ0v) is 8.84. The molecule has 1 heterocycles. The molecular formula is C8H12N4OS. The van der Waals surface area contributed by atoms with E-state index in [9.17, 15) is 4.79 Å². The number of thiocarbonyl (C=S) groups is 1. The predicted molar refractivity (Wildman–Crippen MR) is 56.9 cm³/mol. The molecule has 0 aromatic carbocycles. The zero-order valence-electron chi connectivity index (χ0n) is 8.02. The van der Waals surface area contributed by atoms with Gasteiger partial charge in [0.2, 0.25) is 0 Å². The third kappa shape index (κ3) is 2.53. The summed E-state index contributed by atoms with van der Waals surface area (Å²) in [6.07, 6.45) is 3.11. The summed E-state index contributed by atoms with van der Waals surface area (Å²) >= 11 is 4.73. The lowest BCUT2D eigenvalue weighted by atomic mass is 10.3. The molecule has 1 amide bonds. The highest BCUT2D eigenvalue weighted by molar-refractivity contribution is 7.80. The second-order valence-corrected chi connectivity index (χ2v) is 3.47. The van der Waals surface area contributed by atoms with Crippen LogP contribution in [0.2, 0.25) is 0 Å². The molecule has 1 rings (SSSR count). The number of hydrogen-bond acceptors (Lipinski definition) is 3. The molecule has 3 N–H and O–H groups in total. The largest absolute Gasteiger partial charge is 0.392 e. The summed E-state index contributed by atoms with van der Waals surface area (Å²) in [4.78, 5) is 11.8. The van der Waals surface area contributed by atoms with Gasteiger partial charge in [-0.05, 0) is 6.92 Å². The van der Waals surface area contributed by atoms with Crippen LogP contribution in [0.4, 0.5) is 0 Å². The van der Waals surface area contributed by atoms with Crippen LogP contribution in [0.3, 0.4) is 0 Å². The number of carbonyl (C=O) groups excluding carboxylic acids is 1. The Bertz CT molecular complexity index is 360. The van der Waals surface area contributed by atoms with E-state index in [0.29, 0.717) is 5.56 Å². The van der Waals surface area contributed by atoms with Crippen LogP contribution < -0.4 is 11.1 Å². The number of carbonyl (C=O) groups is 1. The highest BCUT2D eigenvalue weighted by atomic mass is 32.1. The van der Waals surface area contributed by atoms with Crippen LogP contribution in [-0.2, 0) is 7.05 Å².